The van der Waals surface area contributed by atoms with Crippen LogP contribution in [0.4, 0.5) is 10.9 Å². The summed E-state index contributed by atoms with van der Waals surface area (Å²) in [4.78, 5) is 29.8. The molecule has 0 N–H and O–H groups in total. The molecule has 0 aliphatic carbocycles. The van der Waals surface area contributed by atoms with Crippen molar-refractivity contribution < 1.29 is 0 Å². The van der Waals surface area contributed by atoms with Crippen LogP contribution >= 0.6 is 11.3 Å². The van der Waals surface area contributed by atoms with Gasteiger partial charge in [-0.25, -0.2) is 9.97 Å². The maximum absolute atomic E-state index is 12.0. The van der Waals surface area contributed by atoms with Gasteiger partial charge in [0, 0.05) is 50.3 Å². The molecule has 0 aromatic carbocycles. The zero-order valence-electron chi connectivity index (χ0n) is 12.6. The largest absolute Gasteiger partial charge is 0.352 e. The van der Waals surface area contributed by atoms with E-state index in [1.54, 1.807) is 18.6 Å². The van der Waals surface area contributed by atoms with Crippen molar-refractivity contribution in [2.24, 2.45) is 0 Å². The molecular weight excluding hydrogens is 314 g/mol. The number of hydrogen-bond acceptors (Lipinski definition) is 8. The van der Waals surface area contributed by atoms with Crippen molar-refractivity contribution in [1.82, 2.24) is 24.6 Å². The van der Waals surface area contributed by atoms with Gasteiger partial charge in [-0.2, -0.15) is 4.52 Å². The second kappa shape index (κ2) is 5.58. The lowest BCUT2D eigenvalue weighted by Gasteiger charge is -2.34. The third-order valence-corrected chi connectivity index (χ3v) is 4.76. The van der Waals surface area contributed by atoms with Gasteiger partial charge in [0.15, 0.2) is 0 Å². The molecule has 1 aliphatic heterocycles. The number of aryl methyl sites for hydroxylation is 1. The number of fused-ring (bicyclic) bond motifs is 1. The Balaban J connectivity index is 1.54. The zero-order chi connectivity index (χ0) is 15.8. The fourth-order valence-electron chi connectivity index (χ4n) is 2.62. The molecule has 3 aromatic heterocycles. The van der Waals surface area contributed by atoms with E-state index in [-0.39, 0.29) is 5.56 Å². The highest BCUT2D eigenvalue weighted by Gasteiger charge is 2.21. The first-order chi connectivity index (χ1) is 11.2. The highest BCUT2D eigenvalue weighted by Crippen LogP contribution is 2.23. The summed E-state index contributed by atoms with van der Waals surface area (Å²) in [6.45, 7) is 5.15. The Kier molecular flexibility index (Phi) is 3.41. The minimum absolute atomic E-state index is 0.131. The number of aromatic nitrogens is 5. The molecule has 1 aliphatic rings. The van der Waals surface area contributed by atoms with Crippen LogP contribution in [0.3, 0.4) is 0 Å². The Bertz CT molecular complexity index is 883. The molecule has 4 heterocycles. The van der Waals surface area contributed by atoms with E-state index >= 15 is 0 Å². The molecule has 118 valence electrons. The van der Waals surface area contributed by atoms with Crippen LogP contribution in [0.25, 0.3) is 4.96 Å². The zero-order valence-corrected chi connectivity index (χ0v) is 13.4. The van der Waals surface area contributed by atoms with Crippen LogP contribution in [0.2, 0.25) is 0 Å². The lowest BCUT2D eigenvalue weighted by molar-refractivity contribution is 0.640. The summed E-state index contributed by atoms with van der Waals surface area (Å²) in [6.07, 6.45) is 5.16. The summed E-state index contributed by atoms with van der Waals surface area (Å²) in [5, 5.41) is 5.25. The monoisotopic (exact) mass is 329 g/mol. The Morgan fingerprint density at radius 1 is 1.13 bits per heavy atom. The average molecular weight is 329 g/mol. The van der Waals surface area contributed by atoms with E-state index < -0.39 is 0 Å². The van der Waals surface area contributed by atoms with Gasteiger partial charge in [-0.3, -0.25) is 9.78 Å². The quantitative estimate of drug-likeness (QED) is 0.680. The molecule has 4 rings (SSSR count). The Morgan fingerprint density at radius 3 is 2.65 bits per heavy atom. The predicted octanol–water partition coefficient (Wildman–Crippen LogP) is 0.576. The van der Waals surface area contributed by atoms with Gasteiger partial charge < -0.3 is 9.80 Å². The van der Waals surface area contributed by atoms with E-state index in [2.05, 4.69) is 29.9 Å². The highest BCUT2D eigenvalue weighted by molar-refractivity contribution is 7.20. The summed E-state index contributed by atoms with van der Waals surface area (Å²) in [5.41, 5.74) is 0.589. The SMILES string of the molecule is Cc1cc(=O)n2nc(N3CCN(c4cnccn4)CC3)sc2n1. The molecule has 1 fully saturated rings. The number of hydrogen-bond donors (Lipinski definition) is 0. The van der Waals surface area contributed by atoms with E-state index in [0.717, 1.165) is 42.8 Å². The molecular formula is C14H15N7OS. The molecule has 0 bridgehead atoms. The molecule has 0 saturated carbocycles. The van der Waals surface area contributed by atoms with Gasteiger partial charge in [-0.05, 0) is 6.92 Å². The molecule has 1 saturated heterocycles. The molecule has 0 amide bonds. The summed E-state index contributed by atoms with van der Waals surface area (Å²) in [6, 6.07) is 1.50. The Hall–Kier alpha value is -2.55. The Morgan fingerprint density at radius 2 is 1.91 bits per heavy atom. The molecule has 0 spiro atoms. The van der Waals surface area contributed by atoms with Gasteiger partial charge in [0.2, 0.25) is 10.1 Å². The van der Waals surface area contributed by atoms with Crippen LogP contribution in [-0.4, -0.2) is 50.7 Å². The van der Waals surface area contributed by atoms with Gasteiger partial charge in [0.1, 0.15) is 5.82 Å². The molecule has 8 nitrogen and oxygen atoms in total. The van der Waals surface area contributed by atoms with Crippen molar-refractivity contribution in [2.45, 2.75) is 6.92 Å². The summed E-state index contributed by atoms with van der Waals surface area (Å²) >= 11 is 1.45. The summed E-state index contributed by atoms with van der Waals surface area (Å²) < 4.78 is 1.38. The van der Waals surface area contributed by atoms with Crippen LogP contribution in [-0.2, 0) is 0 Å². The van der Waals surface area contributed by atoms with E-state index in [4.69, 9.17) is 0 Å². The van der Waals surface area contributed by atoms with Crippen LogP contribution in [0, 0.1) is 6.92 Å². The number of piperazine rings is 1. The van der Waals surface area contributed by atoms with E-state index in [1.807, 2.05) is 6.92 Å². The topological polar surface area (TPSA) is 79.5 Å². The molecule has 0 unspecified atom stereocenters. The second-order valence-corrected chi connectivity index (χ2v) is 6.29. The third-order valence-electron chi connectivity index (χ3n) is 3.79. The van der Waals surface area contributed by atoms with Gasteiger partial charge >= 0.3 is 0 Å². The molecule has 23 heavy (non-hydrogen) atoms. The van der Waals surface area contributed by atoms with Gasteiger partial charge in [0.25, 0.3) is 5.56 Å². The minimum Gasteiger partial charge on any atom is -0.352 e. The van der Waals surface area contributed by atoms with E-state index in [9.17, 15) is 4.79 Å². The predicted molar refractivity (Wildman–Crippen MR) is 88.3 cm³/mol. The molecule has 9 heteroatoms. The Labute approximate surface area is 136 Å². The van der Waals surface area contributed by atoms with Crippen LogP contribution < -0.4 is 15.4 Å². The maximum Gasteiger partial charge on any atom is 0.275 e. The van der Waals surface area contributed by atoms with Gasteiger partial charge in [-0.15, -0.1) is 5.10 Å². The fourth-order valence-corrected chi connectivity index (χ4v) is 3.62. The maximum atomic E-state index is 12.0. The van der Waals surface area contributed by atoms with E-state index in [1.165, 1.54) is 21.9 Å². The molecule has 0 radical (unpaired) electrons. The van der Waals surface area contributed by atoms with Crippen molar-refractivity contribution in [3.05, 3.63) is 40.7 Å². The second-order valence-electron chi connectivity index (χ2n) is 5.35. The normalized spacial score (nSPS) is 15.3. The van der Waals surface area contributed by atoms with Crippen molar-refractivity contribution in [1.29, 1.82) is 0 Å². The standard InChI is InChI=1S/C14H15N7OS/c1-10-8-12(22)21-13(17-10)23-14(18-21)20-6-4-19(5-7-20)11-9-15-2-3-16-11/h2-3,8-9H,4-7H2,1H3. The van der Waals surface area contributed by atoms with Crippen LogP contribution in [0.5, 0.6) is 0 Å². The number of anilines is 2. The first-order valence-corrected chi connectivity index (χ1v) is 8.16. The summed E-state index contributed by atoms with van der Waals surface area (Å²) in [7, 11) is 0. The van der Waals surface area contributed by atoms with E-state index in [0.29, 0.717) is 4.96 Å². The first kappa shape index (κ1) is 14.1. The lowest BCUT2D eigenvalue weighted by Crippen LogP contribution is -2.46. The first-order valence-electron chi connectivity index (χ1n) is 7.34. The third kappa shape index (κ3) is 2.63. The van der Waals surface area contributed by atoms with Gasteiger partial charge in [-0.1, -0.05) is 11.3 Å². The van der Waals surface area contributed by atoms with Gasteiger partial charge in [0.05, 0.1) is 6.20 Å². The summed E-state index contributed by atoms with van der Waals surface area (Å²) in [5.74, 6) is 0.893. The minimum atomic E-state index is -0.131. The highest BCUT2D eigenvalue weighted by atomic mass is 32.1. The average Bonchev–Trinajstić information content (AvgIpc) is 3.00. The number of rotatable bonds is 2. The lowest BCUT2D eigenvalue weighted by atomic mass is 10.3. The molecule has 3 aromatic rings. The number of nitrogens with zero attached hydrogens (tertiary/aromatic N) is 7. The van der Waals surface area contributed by atoms with Crippen molar-refractivity contribution in [3.8, 4) is 0 Å². The van der Waals surface area contributed by atoms with Crippen molar-refractivity contribution in [3.63, 3.8) is 0 Å². The van der Waals surface area contributed by atoms with Crippen molar-refractivity contribution >= 4 is 27.2 Å². The molecule has 0 atom stereocenters. The smallest absolute Gasteiger partial charge is 0.275 e. The van der Waals surface area contributed by atoms with Crippen LogP contribution in [0.1, 0.15) is 5.69 Å². The van der Waals surface area contributed by atoms with Crippen LogP contribution in [0.15, 0.2) is 29.5 Å². The fraction of sp³-hybridized carbons (Fsp3) is 0.357. The van der Waals surface area contributed by atoms with Crippen molar-refractivity contribution in [2.75, 3.05) is 36.0 Å².